The van der Waals surface area contributed by atoms with E-state index >= 15 is 0 Å². The molecule has 3 N–H and O–H groups in total. The molecule has 28 heavy (non-hydrogen) atoms. The number of nitrogens with zero attached hydrogens (tertiary/aromatic N) is 1. The normalized spacial score (nSPS) is 18.7. The molecule has 1 aliphatic heterocycles. The molecule has 3 rings (SSSR count). The first kappa shape index (κ1) is 20.0. The molecule has 2 aromatic carbocycles. The maximum absolute atomic E-state index is 12.6. The topological polar surface area (TPSA) is 84.0 Å². The summed E-state index contributed by atoms with van der Waals surface area (Å²) in [6.45, 7) is 0.625. The van der Waals surface area contributed by atoms with Crippen molar-refractivity contribution in [2.75, 3.05) is 27.0 Å². The number of benzene rings is 2. The molecule has 0 saturated carbocycles. The van der Waals surface area contributed by atoms with Crippen molar-refractivity contribution in [3.63, 3.8) is 0 Å². The second-order valence-corrected chi connectivity index (χ2v) is 7.16. The summed E-state index contributed by atoms with van der Waals surface area (Å²) in [6, 6.07) is 15.2. The minimum Gasteiger partial charge on any atom is -0.493 e. The minimum atomic E-state index is -0.855. The van der Waals surface area contributed by atoms with Crippen molar-refractivity contribution in [3.05, 3.63) is 59.7 Å². The van der Waals surface area contributed by atoms with Crippen LogP contribution < -0.4 is 25.5 Å². The second kappa shape index (κ2) is 8.99. The number of nitrogens with one attached hydrogen (secondary N) is 3. The molecule has 0 aliphatic carbocycles. The largest absolute Gasteiger partial charge is 0.493 e. The number of rotatable bonds is 8. The van der Waals surface area contributed by atoms with E-state index in [0.29, 0.717) is 23.8 Å². The van der Waals surface area contributed by atoms with Crippen LogP contribution in [0.5, 0.6) is 11.5 Å². The Hall–Kier alpha value is -2.71. The van der Waals surface area contributed by atoms with E-state index in [1.807, 2.05) is 54.8 Å². The van der Waals surface area contributed by atoms with Gasteiger partial charge in [0.25, 0.3) is 5.91 Å². The van der Waals surface area contributed by atoms with Crippen molar-refractivity contribution in [1.82, 2.24) is 16.1 Å². The average molecular weight is 401 g/mol. The minimum absolute atomic E-state index is 0.224. The molecule has 1 aliphatic rings. The molecule has 0 bridgehead atoms. The van der Waals surface area contributed by atoms with Crippen molar-refractivity contribution < 1.29 is 14.3 Å². The lowest BCUT2D eigenvalue weighted by molar-refractivity contribution is -0.116. The van der Waals surface area contributed by atoms with Gasteiger partial charge in [-0.2, -0.15) is 5.10 Å². The molecule has 0 radical (unpaired) electrons. The SMILES string of the molecule is COc1ccc(CCN[C@]2(SC)NN=C(c3ccccc3)C(=O)N2)cc1OC. The van der Waals surface area contributed by atoms with Crippen molar-refractivity contribution in [1.29, 1.82) is 0 Å². The van der Waals surface area contributed by atoms with Gasteiger partial charge in [-0.3, -0.25) is 15.5 Å². The summed E-state index contributed by atoms with van der Waals surface area (Å²) >= 11 is 1.44. The van der Waals surface area contributed by atoms with E-state index in [-0.39, 0.29) is 5.91 Å². The van der Waals surface area contributed by atoms with E-state index in [0.717, 1.165) is 17.5 Å². The molecular weight excluding hydrogens is 376 g/mol. The molecule has 0 unspecified atom stereocenters. The number of amides is 1. The highest BCUT2D eigenvalue weighted by Crippen LogP contribution is 2.27. The Morgan fingerprint density at radius 1 is 1.11 bits per heavy atom. The van der Waals surface area contributed by atoms with Gasteiger partial charge in [-0.1, -0.05) is 48.2 Å². The molecule has 2 aromatic rings. The Morgan fingerprint density at radius 2 is 1.86 bits per heavy atom. The first-order valence-corrected chi connectivity index (χ1v) is 10.1. The standard InChI is InChI=1S/C20H24N4O3S/c1-26-16-10-9-14(13-17(16)27-2)11-12-21-20(28-3)22-19(25)18(23-24-20)15-7-5-4-6-8-15/h4-10,13,21,24H,11-12H2,1-3H3,(H,22,25)/t20-/m1/s1. The van der Waals surface area contributed by atoms with Gasteiger partial charge in [-0.15, -0.1) is 0 Å². The van der Waals surface area contributed by atoms with E-state index in [2.05, 4.69) is 21.2 Å². The van der Waals surface area contributed by atoms with E-state index in [4.69, 9.17) is 9.47 Å². The molecule has 8 heteroatoms. The Morgan fingerprint density at radius 3 is 2.50 bits per heavy atom. The van der Waals surface area contributed by atoms with Crippen LogP contribution in [0.4, 0.5) is 0 Å². The van der Waals surface area contributed by atoms with Crippen molar-refractivity contribution >= 4 is 23.4 Å². The zero-order valence-electron chi connectivity index (χ0n) is 16.1. The molecule has 0 saturated heterocycles. The molecule has 1 atom stereocenters. The first-order valence-electron chi connectivity index (χ1n) is 8.84. The van der Waals surface area contributed by atoms with Crippen molar-refractivity contribution in [2.24, 2.45) is 5.10 Å². The van der Waals surface area contributed by atoms with Gasteiger partial charge in [0.05, 0.1) is 14.2 Å². The van der Waals surface area contributed by atoms with Crippen LogP contribution in [0, 0.1) is 0 Å². The van der Waals surface area contributed by atoms with Crippen LogP contribution in [0.15, 0.2) is 53.6 Å². The monoisotopic (exact) mass is 400 g/mol. The maximum atomic E-state index is 12.6. The molecule has 148 valence electrons. The zero-order chi connectivity index (χ0) is 20.0. The number of hydrogen-bond acceptors (Lipinski definition) is 7. The number of methoxy groups -OCH3 is 2. The summed E-state index contributed by atoms with van der Waals surface area (Å²) in [4.78, 5) is 12.6. The van der Waals surface area contributed by atoms with Gasteiger partial charge in [0.15, 0.2) is 17.2 Å². The number of hydrogen-bond donors (Lipinski definition) is 3. The van der Waals surface area contributed by atoms with Crippen LogP contribution in [-0.4, -0.2) is 43.8 Å². The summed E-state index contributed by atoms with van der Waals surface area (Å²) < 4.78 is 10.6. The fourth-order valence-electron chi connectivity index (χ4n) is 2.90. The first-order chi connectivity index (χ1) is 13.6. The second-order valence-electron chi connectivity index (χ2n) is 6.14. The predicted molar refractivity (Wildman–Crippen MR) is 112 cm³/mol. The highest BCUT2D eigenvalue weighted by atomic mass is 32.2. The Kier molecular flexibility index (Phi) is 6.43. The summed E-state index contributed by atoms with van der Waals surface area (Å²) in [6.07, 6.45) is 2.65. The summed E-state index contributed by atoms with van der Waals surface area (Å²) in [5.41, 5.74) is 5.28. The third-order valence-corrected chi connectivity index (χ3v) is 5.37. The highest BCUT2D eigenvalue weighted by molar-refractivity contribution is 7.99. The van der Waals surface area contributed by atoms with E-state index in [1.54, 1.807) is 14.2 Å². The Balaban J connectivity index is 1.65. The van der Waals surface area contributed by atoms with E-state index in [1.165, 1.54) is 11.8 Å². The average Bonchev–Trinajstić information content (AvgIpc) is 2.74. The van der Waals surface area contributed by atoms with Gasteiger partial charge in [0, 0.05) is 12.1 Å². The van der Waals surface area contributed by atoms with Gasteiger partial charge < -0.3 is 14.8 Å². The molecule has 1 heterocycles. The quantitative estimate of drug-likeness (QED) is 0.588. The summed E-state index contributed by atoms with van der Waals surface area (Å²) in [5, 5.41) is 9.78. The summed E-state index contributed by atoms with van der Waals surface area (Å²) in [5.74, 6) is 1.17. The van der Waals surface area contributed by atoms with Crippen molar-refractivity contribution in [2.45, 2.75) is 11.5 Å². The lowest BCUT2D eigenvalue weighted by atomic mass is 10.1. The predicted octanol–water partition coefficient (Wildman–Crippen LogP) is 1.93. The summed E-state index contributed by atoms with van der Waals surface area (Å²) in [7, 11) is 3.23. The number of carbonyl (C=O) groups is 1. The molecule has 0 spiro atoms. The van der Waals surface area contributed by atoms with Crippen LogP contribution >= 0.6 is 11.8 Å². The Labute approximate surface area is 168 Å². The fraction of sp³-hybridized carbons (Fsp3) is 0.300. The molecule has 0 fully saturated rings. The molecule has 0 aromatic heterocycles. The number of carbonyl (C=O) groups excluding carboxylic acids is 1. The van der Waals surface area contributed by atoms with E-state index in [9.17, 15) is 4.79 Å². The number of thioether (sulfide) groups is 1. The van der Waals surface area contributed by atoms with Crippen LogP contribution in [-0.2, 0) is 11.2 Å². The van der Waals surface area contributed by atoms with Gasteiger partial charge in [-0.25, -0.2) is 0 Å². The fourth-order valence-corrected chi connectivity index (χ4v) is 3.47. The van der Waals surface area contributed by atoms with Crippen LogP contribution in [0.25, 0.3) is 0 Å². The highest BCUT2D eigenvalue weighted by Gasteiger charge is 2.36. The molecule has 7 nitrogen and oxygen atoms in total. The van der Waals surface area contributed by atoms with Gasteiger partial charge >= 0.3 is 0 Å². The van der Waals surface area contributed by atoms with Crippen LogP contribution in [0.3, 0.4) is 0 Å². The lowest BCUT2D eigenvalue weighted by Gasteiger charge is -2.36. The van der Waals surface area contributed by atoms with E-state index < -0.39 is 5.12 Å². The number of hydrazone groups is 1. The van der Waals surface area contributed by atoms with Gasteiger partial charge in [0.1, 0.15) is 0 Å². The van der Waals surface area contributed by atoms with Gasteiger partial charge in [0.2, 0.25) is 5.12 Å². The number of ether oxygens (including phenoxy) is 2. The van der Waals surface area contributed by atoms with Crippen LogP contribution in [0.2, 0.25) is 0 Å². The van der Waals surface area contributed by atoms with Crippen molar-refractivity contribution in [3.8, 4) is 11.5 Å². The molecular formula is C20H24N4O3S. The third kappa shape index (κ3) is 4.40. The smallest absolute Gasteiger partial charge is 0.275 e. The molecule has 1 amide bonds. The Bertz CT molecular complexity index is 860. The zero-order valence-corrected chi connectivity index (χ0v) is 16.9. The maximum Gasteiger partial charge on any atom is 0.275 e. The van der Waals surface area contributed by atoms with Crippen LogP contribution in [0.1, 0.15) is 11.1 Å². The third-order valence-electron chi connectivity index (χ3n) is 4.42. The van der Waals surface area contributed by atoms with Gasteiger partial charge in [-0.05, 0) is 30.4 Å². The lowest BCUT2D eigenvalue weighted by Crippen LogP contribution is -2.68.